The predicted molar refractivity (Wildman–Crippen MR) is 105 cm³/mol. The van der Waals surface area contributed by atoms with E-state index in [2.05, 4.69) is 5.32 Å². The minimum Gasteiger partial charge on any atom is -0.478 e. The molecule has 1 aliphatic heterocycles. The average Bonchev–Trinajstić information content (AvgIpc) is 3.12. The van der Waals surface area contributed by atoms with Crippen LogP contribution in [0.3, 0.4) is 0 Å². The van der Waals surface area contributed by atoms with Crippen LogP contribution in [0.15, 0.2) is 42.5 Å². The lowest BCUT2D eigenvalue weighted by Crippen LogP contribution is -2.44. The molecule has 0 saturated carbocycles. The Morgan fingerprint density at radius 3 is 2.52 bits per heavy atom. The number of nitrogens with zero attached hydrogens (tertiary/aromatic N) is 1. The molecule has 0 radical (unpaired) electrons. The molecule has 0 aromatic heterocycles. The second-order valence-electron chi connectivity index (χ2n) is 6.49. The minimum atomic E-state index is -1.09. The number of hydrogen-bond donors (Lipinski definition) is 2. The monoisotopic (exact) mass is 384 g/mol. The van der Waals surface area contributed by atoms with Crippen LogP contribution in [0.4, 0.5) is 5.69 Å². The fourth-order valence-corrected chi connectivity index (χ4v) is 4.14. The molecule has 2 amide bonds. The van der Waals surface area contributed by atoms with Crippen molar-refractivity contribution < 1.29 is 19.5 Å². The summed E-state index contributed by atoms with van der Waals surface area (Å²) >= 11 is 1.50. The van der Waals surface area contributed by atoms with E-state index < -0.39 is 12.0 Å². The summed E-state index contributed by atoms with van der Waals surface area (Å²) in [5, 5.41) is 12.1. The number of para-hydroxylation sites is 1. The van der Waals surface area contributed by atoms with Crippen LogP contribution in [0.1, 0.15) is 31.8 Å². The van der Waals surface area contributed by atoms with Crippen molar-refractivity contribution in [3.8, 4) is 0 Å². The number of carbonyl (C=O) groups is 3. The van der Waals surface area contributed by atoms with Crippen LogP contribution in [-0.4, -0.2) is 45.5 Å². The number of anilines is 1. The van der Waals surface area contributed by atoms with E-state index in [9.17, 15) is 19.5 Å². The highest BCUT2D eigenvalue weighted by molar-refractivity contribution is 7.99. The Morgan fingerprint density at radius 1 is 1.11 bits per heavy atom. The molecular formula is C20H20N2O4S. The maximum atomic E-state index is 12.9. The Morgan fingerprint density at radius 2 is 1.81 bits per heavy atom. The second-order valence-corrected chi connectivity index (χ2v) is 7.49. The number of carboxylic acid groups (broad SMARTS) is 1. The molecular weight excluding hydrogens is 364 g/mol. The summed E-state index contributed by atoms with van der Waals surface area (Å²) in [6.45, 7) is 3.65. The first-order valence-corrected chi connectivity index (χ1v) is 9.62. The van der Waals surface area contributed by atoms with Crippen molar-refractivity contribution in [1.29, 1.82) is 0 Å². The molecule has 0 aliphatic carbocycles. The second kappa shape index (κ2) is 7.84. The van der Waals surface area contributed by atoms with Gasteiger partial charge in [-0.2, -0.15) is 0 Å². The van der Waals surface area contributed by atoms with E-state index in [1.807, 2.05) is 31.2 Å². The van der Waals surface area contributed by atoms with Crippen LogP contribution in [0, 0.1) is 13.8 Å². The Labute approximate surface area is 161 Å². The van der Waals surface area contributed by atoms with E-state index in [-0.39, 0.29) is 22.9 Å². The van der Waals surface area contributed by atoms with Crippen LogP contribution in [0.2, 0.25) is 0 Å². The van der Waals surface area contributed by atoms with E-state index in [1.54, 1.807) is 13.0 Å². The lowest BCUT2D eigenvalue weighted by Gasteiger charge is -2.23. The Hall–Kier alpha value is -2.80. The van der Waals surface area contributed by atoms with Crippen LogP contribution in [0.25, 0.3) is 0 Å². The van der Waals surface area contributed by atoms with E-state index in [0.717, 1.165) is 11.3 Å². The predicted octanol–water partition coefficient (Wildman–Crippen LogP) is 3.16. The number of nitrogens with one attached hydrogen (secondary N) is 1. The molecule has 1 fully saturated rings. The average molecular weight is 384 g/mol. The third kappa shape index (κ3) is 4.14. The van der Waals surface area contributed by atoms with Gasteiger partial charge in [0.25, 0.3) is 5.91 Å². The van der Waals surface area contributed by atoms with Gasteiger partial charge in [0.2, 0.25) is 5.91 Å². The number of carbonyl (C=O) groups excluding carboxylic acids is 2. The number of rotatable bonds is 4. The van der Waals surface area contributed by atoms with Crippen molar-refractivity contribution in [1.82, 2.24) is 4.90 Å². The Kier molecular flexibility index (Phi) is 5.51. The first-order chi connectivity index (χ1) is 12.9. The van der Waals surface area contributed by atoms with Gasteiger partial charge in [-0.15, -0.1) is 11.8 Å². The highest BCUT2D eigenvalue weighted by atomic mass is 32.2. The quantitative estimate of drug-likeness (QED) is 0.846. The zero-order valence-corrected chi connectivity index (χ0v) is 15.9. The molecule has 1 unspecified atom stereocenters. The molecule has 1 saturated heterocycles. The topological polar surface area (TPSA) is 86.7 Å². The Bertz CT molecular complexity index is 913. The van der Waals surface area contributed by atoms with Crippen molar-refractivity contribution in [2.24, 2.45) is 0 Å². The van der Waals surface area contributed by atoms with E-state index >= 15 is 0 Å². The summed E-state index contributed by atoms with van der Waals surface area (Å²) in [5.74, 6) is -0.774. The smallest absolute Gasteiger partial charge is 0.335 e. The van der Waals surface area contributed by atoms with Gasteiger partial charge in [-0.3, -0.25) is 9.59 Å². The molecule has 7 heteroatoms. The summed E-state index contributed by atoms with van der Waals surface area (Å²) < 4.78 is 0. The molecule has 2 aromatic rings. The number of thioether (sulfide) groups is 1. The highest BCUT2D eigenvalue weighted by Crippen LogP contribution is 2.25. The molecule has 27 heavy (non-hydrogen) atoms. The van der Waals surface area contributed by atoms with Crippen molar-refractivity contribution in [3.05, 3.63) is 64.7 Å². The molecule has 3 rings (SSSR count). The first kappa shape index (κ1) is 19.0. The normalized spacial score (nSPS) is 16.2. The van der Waals surface area contributed by atoms with Gasteiger partial charge >= 0.3 is 5.97 Å². The third-order valence-corrected chi connectivity index (χ3v) is 5.43. The zero-order valence-electron chi connectivity index (χ0n) is 15.1. The van der Waals surface area contributed by atoms with Gasteiger partial charge < -0.3 is 15.3 Å². The number of carboxylic acids is 1. The van der Waals surface area contributed by atoms with Crippen molar-refractivity contribution in [2.45, 2.75) is 19.9 Å². The van der Waals surface area contributed by atoms with Crippen LogP contribution in [0.5, 0.6) is 0 Å². The molecule has 0 spiro atoms. The molecule has 2 N–H and O–H groups in total. The SMILES string of the molecule is Cc1cc(C(=O)O)cc(C(=O)N2CSCC2C(=O)Nc2ccccc2C)c1. The van der Waals surface area contributed by atoms with Crippen LogP contribution in [-0.2, 0) is 4.79 Å². The van der Waals surface area contributed by atoms with Gasteiger partial charge in [-0.1, -0.05) is 18.2 Å². The summed E-state index contributed by atoms with van der Waals surface area (Å²) in [5.41, 5.74) is 2.69. The molecule has 1 atom stereocenters. The fourth-order valence-electron chi connectivity index (χ4n) is 2.99. The maximum absolute atomic E-state index is 12.9. The minimum absolute atomic E-state index is 0.0612. The van der Waals surface area contributed by atoms with Gasteiger partial charge in [0.1, 0.15) is 6.04 Å². The Balaban J connectivity index is 1.81. The van der Waals surface area contributed by atoms with E-state index in [1.165, 1.54) is 28.8 Å². The van der Waals surface area contributed by atoms with Gasteiger partial charge in [-0.05, 0) is 49.2 Å². The molecule has 140 valence electrons. The van der Waals surface area contributed by atoms with Crippen LogP contribution >= 0.6 is 11.8 Å². The number of aryl methyl sites for hydroxylation is 2. The lowest BCUT2D eigenvalue weighted by atomic mass is 10.0. The molecule has 0 bridgehead atoms. The van der Waals surface area contributed by atoms with E-state index in [0.29, 0.717) is 17.2 Å². The van der Waals surface area contributed by atoms with Gasteiger partial charge in [-0.25, -0.2) is 4.79 Å². The fraction of sp³-hybridized carbons (Fsp3) is 0.250. The molecule has 2 aromatic carbocycles. The number of benzene rings is 2. The highest BCUT2D eigenvalue weighted by Gasteiger charge is 2.35. The standard InChI is InChI=1S/C20H20N2O4S/c1-12-7-14(9-15(8-12)20(25)26)19(24)22-11-27-10-17(22)18(23)21-16-6-4-3-5-13(16)2/h3-9,17H,10-11H2,1-2H3,(H,21,23)(H,25,26). The van der Waals surface area contributed by atoms with Crippen molar-refractivity contribution in [3.63, 3.8) is 0 Å². The number of amides is 2. The first-order valence-electron chi connectivity index (χ1n) is 8.47. The molecule has 6 nitrogen and oxygen atoms in total. The van der Waals surface area contributed by atoms with E-state index in [4.69, 9.17) is 0 Å². The van der Waals surface area contributed by atoms with Crippen LogP contribution < -0.4 is 5.32 Å². The van der Waals surface area contributed by atoms with Crippen molar-refractivity contribution in [2.75, 3.05) is 16.9 Å². The number of hydrogen-bond acceptors (Lipinski definition) is 4. The van der Waals surface area contributed by atoms with Gasteiger partial charge in [0.05, 0.1) is 11.4 Å². The zero-order chi connectivity index (χ0) is 19.6. The largest absolute Gasteiger partial charge is 0.478 e. The summed E-state index contributed by atoms with van der Waals surface area (Å²) in [6.07, 6.45) is 0. The number of aromatic carboxylic acids is 1. The maximum Gasteiger partial charge on any atom is 0.335 e. The summed E-state index contributed by atoms with van der Waals surface area (Å²) in [4.78, 5) is 38.5. The summed E-state index contributed by atoms with van der Waals surface area (Å²) in [6, 6.07) is 11.4. The molecule has 1 aliphatic rings. The summed E-state index contributed by atoms with van der Waals surface area (Å²) in [7, 11) is 0. The van der Waals surface area contributed by atoms with Gasteiger partial charge in [0.15, 0.2) is 0 Å². The van der Waals surface area contributed by atoms with Crippen molar-refractivity contribution >= 4 is 35.2 Å². The lowest BCUT2D eigenvalue weighted by molar-refractivity contribution is -0.119. The van der Waals surface area contributed by atoms with Gasteiger partial charge in [0, 0.05) is 17.0 Å². The third-order valence-electron chi connectivity index (χ3n) is 4.42. The molecule has 1 heterocycles.